The average molecular weight is 387 g/mol. The van der Waals surface area contributed by atoms with Crippen molar-refractivity contribution in [3.8, 4) is 11.3 Å². The van der Waals surface area contributed by atoms with Gasteiger partial charge in [-0.25, -0.2) is 4.98 Å². The molecule has 0 radical (unpaired) electrons. The fourth-order valence-electron chi connectivity index (χ4n) is 3.64. The molecule has 1 atom stereocenters. The Balaban J connectivity index is 1.51. The van der Waals surface area contributed by atoms with Crippen LogP contribution in [0.5, 0.6) is 0 Å². The summed E-state index contributed by atoms with van der Waals surface area (Å²) in [5.74, 6) is -0.344. The number of fused-ring (bicyclic) bond motifs is 1. The highest BCUT2D eigenvalue weighted by Gasteiger charge is 2.29. The molecule has 1 N–H and O–H groups in total. The first kappa shape index (κ1) is 18.7. The van der Waals surface area contributed by atoms with Gasteiger partial charge in [-0.1, -0.05) is 61.2 Å². The zero-order chi connectivity index (χ0) is 20.2. The van der Waals surface area contributed by atoms with Gasteiger partial charge in [-0.2, -0.15) is 0 Å². The summed E-state index contributed by atoms with van der Waals surface area (Å²) in [5, 5.41) is 2.90. The van der Waals surface area contributed by atoms with Gasteiger partial charge in [0.05, 0.1) is 6.04 Å². The standard InChI is InChI=1S/C23H21N3O3/c1-2-20(27)26-14-18-11-7-6-10-17(18)12-19(26)13-24-23(28)22-21(25-15-29-22)16-8-4-3-5-9-16/h2-11,15,19H,1,12-14H2,(H,24,28). The summed E-state index contributed by atoms with van der Waals surface area (Å²) >= 11 is 0. The van der Waals surface area contributed by atoms with Gasteiger partial charge >= 0.3 is 0 Å². The van der Waals surface area contributed by atoms with Crippen LogP contribution in [-0.2, 0) is 17.8 Å². The molecule has 0 aliphatic carbocycles. The van der Waals surface area contributed by atoms with E-state index in [0.29, 0.717) is 25.2 Å². The molecule has 29 heavy (non-hydrogen) atoms. The van der Waals surface area contributed by atoms with Crippen LogP contribution in [0.1, 0.15) is 21.7 Å². The van der Waals surface area contributed by atoms with E-state index in [1.165, 1.54) is 18.0 Å². The maximum Gasteiger partial charge on any atom is 0.289 e. The van der Waals surface area contributed by atoms with Gasteiger partial charge in [0.2, 0.25) is 11.7 Å². The zero-order valence-corrected chi connectivity index (χ0v) is 15.9. The molecule has 2 amide bonds. The molecule has 2 heterocycles. The van der Waals surface area contributed by atoms with E-state index in [-0.39, 0.29) is 23.6 Å². The molecule has 0 saturated carbocycles. The van der Waals surface area contributed by atoms with Gasteiger partial charge in [-0.3, -0.25) is 9.59 Å². The number of nitrogens with zero attached hydrogens (tertiary/aromatic N) is 2. The molecular weight excluding hydrogens is 366 g/mol. The molecule has 6 nitrogen and oxygen atoms in total. The van der Waals surface area contributed by atoms with Crippen molar-refractivity contribution in [1.29, 1.82) is 0 Å². The Bertz CT molecular complexity index is 1040. The number of aromatic nitrogens is 1. The normalized spacial score (nSPS) is 15.4. The van der Waals surface area contributed by atoms with Gasteiger partial charge in [0.1, 0.15) is 5.69 Å². The van der Waals surface area contributed by atoms with Crippen molar-refractivity contribution in [2.75, 3.05) is 6.54 Å². The summed E-state index contributed by atoms with van der Waals surface area (Å²) < 4.78 is 5.35. The number of hydrogen-bond acceptors (Lipinski definition) is 4. The lowest BCUT2D eigenvalue weighted by Gasteiger charge is -2.36. The molecule has 146 valence electrons. The fourth-order valence-corrected chi connectivity index (χ4v) is 3.64. The number of amides is 2. The maximum absolute atomic E-state index is 12.8. The Labute approximate surface area is 168 Å². The Morgan fingerprint density at radius 1 is 1.14 bits per heavy atom. The van der Waals surface area contributed by atoms with Crippen LogP contribution in [0, 0.1) is 0 Å². The highest BCUT2D eigenvalue weighted by Crippen LogP contribution is 2.24. The maximum atomic E-state index is 12.8. The molecule has 6 heteroatoms. The number of benzene rings is 2. The highest BCUT2D eigenvalue weighted by atomic mass is 16.3. The van der Waals surface area contributed by atoms with Crippen molar-refractivity contribution in [1.82, 2.24) is 15.2 Å². The summed E-state index contributed by atoms with van der Waals surface area (Å²) in [4.78, 5) is 31.1. The average Bonchev–Trinajstić information content (AvgIpc) is 3.27. The molecule has 1 aromatic heterocycles. The number of oxazole rings is 1. The molecule has 1 aliphatic heterocycles. The molecule has 0 spiro atoms. The van der Waals surface area contributed by atoms with E-state index < -0.39 is 0 Å². The molecule has 1 unspecified atom stereocenters. The Kier molecular flexibility index (Phi) is 5.24. The predicted octanol–water partition coefficient (Wildman–Crippen LogP) is 3.21. The molecule has 0 saturated heterocycles. The van der Waals surface area contributed by atoms with Gasteiger partial charge in [0.15, 0.2) is 6.39 Å². The van der Waals surface area contributed by atoms with E-state index in [1.54, 1.807) is 4.90 Å². The van der Waals surface area contributed by atoms with Crippen LogP contribution in [0.4, 0.5) is 0 Å². The Morgan fingerprint density at radius 3 is 2.62 bits per heavy atom. The van der Waals surface area contributed by atoms with Gasteiger partial charge < -0.3 is 14.6 Å². The van der Waals surface area contributed by atoms with Gasteiger partial charge in [0, 0.05) is 18.7 Å². The third kappa shape index (κ3) is 3.82. The van der Waals surface area contributed by atoms with Gasteiger partial charge in [-0.15, -0.1) is 0 Å². The van der Waals surface area contributed by atoms with Crippen LogP contribution in [-0.4, -0.2) is 34.3 Å². The van der Waals surface area contributed by atoms with E-state index in [0.717, 1.165) is 11.1 Å². The Morgan fingerprint density at radius 2 is 1.86 bits per heavy atom. The molecule has 0 bridgehead atoms. The minimum atomic E-state index is -0.355. The molecule has 0 fully saturated rings. The van der Waals surface area contributed by atoms with Crippen LogP contribution in [0.25, 0.3) is 11.3 Å². The smallest absolute Gasteiger partial charge is 0.289 e. The quantitative estimate of drug-likeness (QED) is 0.682. The number of rotatable bonds is 5. The summed E-state index contributed by atoms with van der Waals surface area (Å²) in [5.41, 5.74) is 3.61. The minimum Gasteiger partial charge on any atom is -0.438 e. The lowest BCUT2D eigenvalue weighted by molar-refractivity contribution is -0.129. The second-order valence-corrected chi connectivity index (χ2v) is 6.90. The topological polar surface area (TPSA) is 75.4 Å². The van der Waals surface area contributed by atoms with Gasteiger partial charge in [-0.05, 0) is 23.6 Å². The van der Waals surface area contributed by atoms with Crippen LogP contribution in [0.3, 0.4) is 0 Å². The van der Waals surface area contributed by atoms with Crippen molar-refractivity contribution in [3.05, 3.63) is 90.5 Å². The molecule has 2 aromatic carbocycles. The molecular formula is C23H21N3O3. The molecule has 3 aromatic rings. The fraction of sp³-hybridized carbons (Fsp3) is 0.174. The SMILES string of the molecule is C=CC(=O)N1Cc2ccccc2CC1CNC(=O)c1ocnc1-c1ccccc1. The first-order valence-electron chi connectivity index (χ1n) is 9.44. The second-order valence-electron chi connectivity index (χ2n) is 6.90. The van der Waals surface area contributed by atoms with E-state index in [1.807, 2.05) is 48.5 Å². The third-order valence-corrected chi connectivity index (χ3v) is 5.13. The van der Waals surface area contributed by atoms with Crippen molar-refractivity contribution < 1.29 is 14.0 Å². The number of carbonyl (C=O) groups is 2. The van der Waals surface area contributed by atoms with E-state index in [9.17, 15) is 9.59 Å². The third-order valence-electron chi connectivity index (χ3n) is 5.13. The summed E-state index contributed by atoms with van der Waals surface area (Å²) in [7, 11) is 0. The summed E-state index contributed by atoms with van der Waals surface area (Å²) in [6.45, 7) is 4.41. The minimum absolute atomic E-state index is 0.150. The lowest BCUT2D eigenvalue weighted by atomic mass is 9.93. The van der Waals surface area contributed by atoms with Crippen LogP contribution >= 0.6 is 0 Å². The van der Waals surface area contributed by atoms with Crippen LogP contribution < -0.4 is 5.32 Å². The molecule has 1 aliphatic rings. The Hall–Kier alpha value is -3.67. The number of carbonyl (C=O) groups excluding carboxylic acids is 2. The number of hydrogen-bond donors (Lipinski definition) is 1. The van der Waals surface area contributed by atoms with Crippen molar-refractivity contribution >= 4 is 11.8 Å². The summed E-state index contributed by atoms with van der Waals surface area (Å²) in [6.07, 6.45) is 3.24. The van der Waals surface area contributed by atoms with E-state index in [2.05, 4.69) is 22.9 Å². The first-order valence-corrected chi connectivity index (χ1v) is 9.44. The van der Waals surface area contributed by atoms with Crippen molar-refractivity contribution in [2.45, 2.75) is 19.0 Å². The van der Waals surface area contributed by atoms with Crippen molar-refractivity contribution in [2.24, 2.45) is 0 Å². The van der Waals surface area contributed by atoms with Gasteiger partial charge in [0.25, 0.3) is 5.91 Å². The van der Waals surface area contributed by atoms with Crippen LogP contribution in [0.15, 0.2) is 78.1 Å². The van der Waals surface area contributed by atoms with Crippen molar-refractivity contribution in [3.63, 3.8) is 0 Å². The summed E-state index contributed by atoms with van der Waals surface area (Å²) in [6, 6.07) is 17.3. The van der Waals surface area contributed by atoms with E-state index >= 15 is 0 Å². The largest absolute Gasteiger partial charge is 0.438 e. The highest BCUT2D eigenvalue weighted by molar-refractivity contribution is 5.97. The van der Waals surface area contributed by atoms with E-state index in [4.69, 9.17) is 4.42 Å². The predicted molar refractivity (Wildman–Crippen MR) is 109 cm³/mol. The number of nitrogens with one attached hydrogen (secondary N) is 1. The molecule has 4 rings (SSSR count). The lowest BCUT2D eigenvalue weighted by Crippen LogP contribution is -2.49. The second kappa shape index (κ2) is 8.14. The van der Waals surface area contributed by atoms with Crippen LogP contribution in [0.2, 0.25) is 0 Å². The zero-order valence-electron chi connectivity index (χ0n) is 15.9. The monoisotopic (exact) mass is 387 g/mol. The first-order chi connectivity index (χ1) is 14.2.